The highest BCUT2D eigenvalue weighted by atomic mass is 17.2. The summed E-state index contributed by atoms with van der Waals surface area (Å²) in [5.41, 5.74) is 3.15. The molecule has 0 amide bonds. The molecule has 0 saturated carbocycles. The summed E-state index contributed by atoms with van der Waals surface area (Å²) in [4.78, 5) is 81.2. The van der Waals surface area contributed by atoms with E-state index in [0.29, 0.717) is 117 Å². The maximum atomic E-state index is 12.8. The molecule has 0 aliphatic heterocycles. The van der Waals surface area contributed by atoms with E-state index in [1.54, 1.807) is 87.7 Å². The molecule has 5 rings (SSSR count). The standard InChI is InChI=1S/C39H50O10.C16H16O3.C15H24O6/c1-5-37(40)47-26-9-7-6-8-25-46-34-18-16-33(17-19-34)39(42)49-36-21-20-35(28-29(36)2)48-38(41)32-14-12-31(13-15-32)30(3)45-27-11-24-44-23-10-22-43-4;1-18-16(19-2,14-11-7-4-8-12-14)15(17)13-9-5-3-6-10-13;1-5-13(16)19-11-15(7-3,9-8-10-21-18-4)12-20-14(17)6-2/h12-21,28,30H,5-11,22-27H2,1-4H3;3-12H,1-2H3;5-6H,1-2,7-12H2,3-4H3. The Labute approximate surface area is 524 Å². The van der Waals surface area contributed by atoms with Crippen molar-refractivity contribution >= 4 is 35.6 Å². The summed E-state index contributed by atoms with van der Waals surface area (Å²) in [6, 6.07) is 37.0. The molecule has 0 bridgehead atoms. The van der Waals surface area contributed by atoms with E-state index >= 15 is 0 Å². The topological polar surface area (TPSA) is 222 Å². The van der Waals surface area contributed by atoms with Crippen molar-refractivity contribution in [3.05, 3.63) is 186 Å². The third-order valence-electron chi connectivity index (χ3n) is 13.8. The van der Waals surface area contributed by atoms with Crippen LogP contribution in [-0.4, -0.2) is 124 Å². The number of Topliss-reactive ketones (excluding diaryl/α,β-unsaturated/α-hetero) is 1. The van der Waals surface area contributed by atoms with Crippen LogP contribution in [0.25, 0.3) is 0 Å². The lowest BCUT2D eigenvalue weighted by atomic mass is 9.82. The Bertz CT molecular complexity index is 2830. The van der Waals surface area contributed by atoms with Crippen molar-refractivity contribution in [3.63, 3.8) is 0 Å². The molecule has 0 aliphatic rings. The van der Waals surface area contributed by atoms with Crippen LogP contribution >= 0.6 is 0 Å². The van der Waals surface area contributed by atoms with E-state index in [4.69, 9.17) is 57.0 Å². The van der Waals surface area contributed by atoms with E-state index in [1.807, 2.05) is 74.5 Å². The summed E-state index contributed by atoms with van der Waals surface area (Å²) in [6.07, 6.45) is 9.82. The largest absolute Gasteiger partial charge is 0.494 e. The molecule has 0 saturated heterocycles. The smallest absolute Gasteiger partial charge is 0.343 e. The first-order valence-electron chi connectivity index (χ1n) is 29.8. The molecule has 0 spiro atoms. The Morgan fingerprint density at radius 2 is 1.11 bits per heavy atom. The fourth-order valence-electron chi connectivity index (χ4n) is 8.46. The van der Waals surface area contributed by atoms with Crippen LogP contribution in [0.4, 0.5) is 0 Å². The maximum absolute atomic E-state index is 12.8. The lowest BCUT2D eigenvalue weighted by Gasteiger charge is -2.31. The van der Waals surface area contributed by atoms with Gasteiger partial charge >= 0.3 is 29.8 Å². The second-order valence-electron chi connectivity index (χ2n) is 20.2. The normalized spacial score (nSPS) is 11.3. The highest BCUT2D eigenvalue weighted by Gasteiger charge is 2.41. The molecule has 1 atom stereocenters. The number of ether oxygens (including phenoxy) is 11. The van der Waals surface area contributed by atoms with Gasteiger partial charge in [0.1, 0.15) is 30.5 Å². The van der Waals surface area contributed by atoms with Gasteiger partial charge < -0.3 is 52.1 Å². The monoisotopic (exact) mass is 1230 g/mol. The molecule has 19 nitrogen and oxygen atoms in total. The molecular formula is C70H90O19. The van der Waals surface area contributed by atoms with Gasteiger partial charge in [0.2, 0.25) is 5.78 Å². The first-order chi connectivity index (χ1) is 43.1. The fraction of sp³-hybridized carbons (Fsp3) is 0.429. The van der Waals surface area contributed by atoms with Gasteiger partial charge in [0.05, 0.1) is 44.2 Å². The molecule has 0 N–H and O–H groups in total. The van der Waals surface area contributed by atoms with Gasteiger partial charge in [-0.3, -0.25) is 9.59 Å². The molecule has 5 aromatic rings. The van der Waals surface area contributed by atoms with E-state index in [0.717, 1.165) is 56.2 Å². The SMILES string of the molecule is C=CC(=O)OCC(CC)(CCCOOC)COC(=O)C=C.CCC(=O)OCCCCCCOc1ccc(C(=O)Oc2ccc(OC(=O)c3ccc(C(C)OCCCOCCCOC)cc3)cc2C)cc1.COC(OC)(C(=O)c1ccccc1)c1ccccc1. The molecule has 19 heteroatoms. The minimum Gasteiger partial charge on any atom is -0.494 e. The molecule has 484 valence electrons. The molecule has 0 aliphatic carbocycles. The number of carbonyl (C=O) groups is 6. The lowest BCUT2D eigenvalue weighted by Crippen LogP contribution is -2.39. The number of carbonyl (C=O) groups excluding carboxylic acids is 6. The predicted octanol–water partition coefficient (Wildman–Crippen LogP) is 13.1. The zero-order valence-electron chi connectivity index (χ0n) is 53.0. The summed E-state index contributed by atoms with van der Waals surface area (Å²) in [6.45, 7) is 18.5. The van der Waals surface area contributed by atoms with Crippen LogP contribution in [-0.2, 0) is 67.8 Å². The third-order valence-corrected chi connectivity index (χ3v) is 13.8. The van der Waals surface area contributed by atoms with E-state index in [1.165, 1.54) is 21.3 Å². The van der Waals surface area contributed by atoms with Crippen LogP contribution in [0.2, 0.25) is 0 Å². The average Bonchev–Trinajstić information content (AvgIpc) is 1.88. The van der Waals surface area contributed by atoms with E-state index in [-0.39, 0.29) is 31.1 Å². The van der Waals surface area contributed by atoms with E-state index in [2.05, 4.69) is 18.0 Å². The second kappa shape index (κ2) is 43.7. The van der Waals surface area contributed by atoms with Crippen molar-refractivity contribution < 1.29 is 90.6 Å². The molecule has 5 aromatic carbocycles. The Hall–Kier alpha value is -7.88. The Morgan fingerprint density at radius 1 is 0.551 bits per heavy atom. The highest BCUT2D eigenvalue weighted by molar-refractivity contribution is 6.02. The van der Waals surface area contributed by atoms with E-state index < -0.39 is 35.1 Å². The van der Waals surface area contributed by atoms with Crippen LogP contribution in [0.15, 0.2) is 153 Å². The van der Waals surface area contributed by atoms with Crippen LogP contribution in [0.3, 0.4) is 0 Å². The number of methoxy groups -OCH3 is 3. The maximum Gasteiger partial charge on any atom is 0.343 e. The Kier molecular flexibility index (Phi) is 37.0. The molecule has 0 radical (unpaired) electrons. The summed E-state index contributed by atoms with van der Waals surface area (Å²) < 4.78 is 59.6. The minimum atomic E-state index is -1.40. The number of benzene rings is 5. The molecule has 89 heavy (non-hydrogen) atoms. The minimum absolute atomic E-state index is 0.125. The quantitative estimate of drug-likeness (QED) is 0.00409. The van der Waals surface area contributed by atoms with Crippen molar-refractivity contribution in [3.8, 4) is 17.2 Å². The van der Waals surface area contributed by atoms with Gasteiger partial charge in [-0.05, 0) is 137 Å². The Balaban J connectivity index is 0.000000422. The first-order valence-corrected chi connectivity index (χ1v) is 29.8. The van der Waals surface area contributed by atoms with E-state index in [9.17, 15) is 28.8 Å². The van der Waals surface area contributed by atoms with Crippen LogP contribution in [0.1, 0.15) is 139 Å². The Morgan fingerprint density at radius 3 is 1.66 bits per heavy atom. The van der Waals surface area contributed by atoms with Gasteiger partial charge in [0, 0.05) is 82.9 Å². The van der Waals surface area contributed by atoms with Crippen LogP contribution < -0.4 is 14.2 Å². The molecule has 1 unspecified atom stereocenters. The third kappa shape index (κ3) is 28.0. The highest BCUT2D eigenvalue weighted by Crippen LogP contribution is 2.32. The number of rotatable bonds is 40. The van der Waals surface area contributed by atoms with Gasteiger partial charge in [-0.15, -0.1) is 0 Å². The molecule has 0 fully saturated rings. The van der Waals surface area contributed by atoms with Crippen molar-refractivity contribution in [2.45, 2.75) is 104 Å². The molecule has 0 heterocycles. The predicted molar refractivity (Wildman–Crippen MR) is 336 cm³/mol. The average molecular weight is 1240 g/mol. The van der Waals surface area contributed by atoms with Crippen molar-refractivity contribution in [1.29, 1.82) is 0 Å². The fourth-order valence-corrected chi connectivity index (χ4v) is 8.46. The second-order valence-corrected chi connectivity index (χ2v) is 20.2. The number of ketones is 1. The summed E-state index contributed by atoms with van der Waals surface area (Å²) in [5, 5.41) is 0. The van der Waals surface area contributed by atoms with Crippen molar-refractivity contribution in [2.24, 2.45) is 5.41 Å². The first kappa shape index (κ1) is 75.4. The number of hydrogen-bond donors (Lipinski definition) is 0. The molecular weight excluding hydrogens is 1140 g/mol. The van der Waals surface area contributed by atoms with Crippen molar-refractivity contribution in [1.82, 2.24) is 0 Å². The summed E-state index contributed by atoms with van der Waals surface area (Å²) in [7, 11) is 6.05. The van der Waals surface area contributed by atoms with Gasteiger partial charge in [0.25, 0.3) is 5.79 Å². The van der Waals surface area contributed by atoms with Gasteiger partial charge in [-0.1, -0.05) is 99.8 Å². The van der Waals surface area contributed by atoms with Gasteiger partial charge in [-0.2, -0.15) is 0 Å². The number of aryl methyl sites for hydroxylation is 1. The number of esters is 5. The zero-order valence-corrected chi connectivity index (χ0v) is 53.0. The number of hydrogen-bond acceptors (Lipinski definition) is 19. The van der Waals surface area contributed by atoms with Crippen molar-refractivity contribution in [2.75, 3.05) is 87.9 Å². The molecule has 0 aromatic heterocycles. The van der Waals surface area contributed by atoms with Gasteiger partial charge in [0.15, 0.2) is 0 Å². The van der Waals surface area contributed by atoms with Gasteiger partial charge in [-0.25, -0.2) is 29.0 Å². The summed E-state index contributed by atoms with van der Waals surface area (Å²) >= 11 is 0. The van der Waals surface area contributed by atoms with Crippen LogP contribution in [0, 0.1) is 12.3 Å². The van der Waals surface area contributed by atoms with Crippen LogP contribution in [0.5, 0.6) is 17.2 Å². The zero-order chi connectivity index (χ0) is 65.1. The summed E-state index contributed by atoms with van der Waals surface area (Å²) in [5.74, 6) is -2.42. The lowest BCUT2D eigenvalue weighted by molar-refractivity contribution is -0.273. The number of unbranched alkanes of at least 4 members (excludes halogenated alkanes) is 3.